The van der Waals surface area contributed by atoms with Crippen LogP contribution in [0, 0.1) is 13.8 Å². The van der Waals surface area contributed by atoms with E-state index in [-0.39, 0.29) is 11.0 Å². The Morgan fingerprint density at radius 1 is 1.05 bits per heavy atom. The maximum Gasteiger partial charge on any atom is 0.175 e. The van der Waals surface area contributed by atoms with E-state index in [2.05, 4.69) is 39.0 Å². The second-order valence-corrected chi connectivity index (χ2v) is 6.63. The minimum absolute atomic E-state index is 0.0354. The van der Waals surface area contributed by atoms with Gasteiger partial charge in [0, 0.05) is 11.3 Å². The van der Waals surface area contributed by atoms with Crippen molar-refractivity contribution in [1.82, 2.24) is 0 Å². The molecular formula is C19H22OS. The predicted molar refractivity (Wildman–Crippen MR) is 92.1 cm³/mol. The van der Waals surface area contributed by atoms with Crippen molar-refractivity contribution in [2.24, 2.45) is 0 Å². The Kier molecular flexibility index (Phi) is 5.63. The maximum atomic E-state index is 12.5. The third-order valence-corrected chi connectivity index (χ3v) is 4.90. The van der Waals surface area contributed by atoms with Gasteiger partial charge in [0.2, 0.25) is 0 Å². The van der Waals surface area contributed by atoms with Gasteiger partial charge in [-0.1, -0.05) is 66.6 Å². The van der Waals surface area contributed by atoms with Crippen LogP contribution >= 0.6 is 11.8 Å². The Balaban J connectivity index is 2.04. The van der Waals surface area contributed by atoms with E-state index in [9.17, 15) is 4.79 Å². The molecule has 2 rings (SSSR count). The van der Waals surface area contributed by atoms with Gasteiger partial charge in [-0.25, -0.2) is 0 Å². The summed E-state index contributed by atoms with van der Waals surface area (Å²) < 4.78 is 0. The summed E-state index contributed by atoms with van der Waals surface area (Å²) in [5.41, 5.74) is 4.69. The lowest BCUT2D eigenvalue weighted by molar-refractivity contribution is 0.0988. The lowest BCUT2D eigenvalue weighted by atomic mass is 10.1. The van der Waals surface area contributed by atoms with Gasteiger partial charge in [-0.3, -0.25) is 4.79 Å². The first-order valence-electron chi connectivity index (χ1n) is 7.38. The third-order valence-electron chi connectivity index (χ3n) is 3.45. The molecule has 21 heavy (non-hydrogen) atoms. The van der Waals surface area contributed by atoms with Crippen molar-refractivity contribution in [3.63, 3.8) is 0 Å². The molecule has 0 spiro atoms. The van der Waals surface area contributed by atoms with E-state index in [0.717, 1.165) is 17.7 Å². The minimum Gasteiger partial charge on any atom is -0.293 e. The van der Waals surface area contributed by atoms with Gasteiger partial charge >= 0.3 is 0 Å². The summed E-state index contributed by atoms with van der Waals surface area (Å²) in [6.07, 6.45) is 0.864. The molecule has 2 heteroatoms. The van der Waals surface area contributed by atoms with E-state index in [1.807, 2.05) is 30.3 Å². The molecule has 0 aromatic heterocycles. The molecule has 0 aliphatic rings. The van der Waals surface area contributed by atoms with Gasteiger partial charge in [-0.15, -0.1) is 11.8 Å². The third kappa shape index (κ3) is 4.47. The summed E-state index contributed by atoms with van der Waals surface area (Å²) in [5.74, 6) is 1.13. The largest absolute Gasteiger partial charge is 0.293 e. The first-order valence-corrected chi connectivity index (χ1v) is 8.43. The number of benzene rings is 2. The molecule has 0 saturated carbocycles. The fourth-order valence-corrected chi connectivity index (χ4v) is 3.60. The van der Waals surface area contributed by atoms with Gasteiger partial charge in [0.25, 0.3) is 0 Å². The Morgan fingerprint density at radius 2 is 1.67 bits per heavy atom. The number of thioether (sulfide) groups is 1. The molecule has 110 valence electrons. The average molecular weight is 298 g/mol. The molecular weight excluding hydrogens is 276 g/mol. The molecule has 0 amide bonds. The minimum atomic E-state index is 0.0354. The highest BCUT2D eigenvalue weighted by atomic mass is 32.2. The van der Waals surface area contributed by atoms with Crippen LogP contribution in [0.1, 0.15) is 40.4 Å². The SMILES string of the molecule is CCC(SCc1cc(C)cc(C)c1)C(=O)c1ccccc1. The summed E-state index contributed by atoms with van der Waals surface area (Å²) in [7, 11) is 0. The maximum absolute atomic E-state index is 12.5. The number of hydrogen-bond donors (Lipinski definition) is 0. The van der Waals surface area contributed by atoms with Crippen LogP contribution in [0.5, 0.6) is 0 Å². The van der Waals surface area contributed by atoms with Crippen LogP contribution in [0.15, 0.2) is 48.5 Å². The Hall–Kier alpha value is -1.54. The second kappa shape index (κ2) is 7.46. The Labute approximate surface area is 131 Å². The predicted octanol–water partition coefficient (Wildman–Crippen LogP) is 5.20. The molecule has 0 fully saturated rings. The molecule has 0 aliphatic carbocycles. The number of Topliss-reactive ketones (excluding diaryl/α,β-unsaturated/α-hetero) is 1. The summed E-state index contributed by atoms with van der Waals surface area (Å²) in [4.78, 5) is 12.5. The highest BCUT2D eigenvalue weighted by molar-refractivity contribution is 7.99. The zero-order valence-corrected chi connectivity index (χ0v) is 13.7. The summed E-state index contributed by atoms with van der Waals surface area (Å²) in [6.45, 7) is 6.32. The molecule has 1 unspecified atom stereocenters. The summed E-state index contributed by atoms with van der Waals surface area (Å²) >= 11 is 1.75. The normalized spacial score (nSPS) is 12.1. The van der Waals surface area contributed by atoms with Crippen LogP contribution in [-0.2, 0) is 5.75 Å². The smallest absolute Gasteiger partial charge is 0.175 e. The van der Waals surface area contributed by atoms with Gasteiger partial charge < -0.3 is 0 Å². The van der Waals surface area contributed by atoms with Gasteiger partial charge in [-0.05, 0) is 25.8 Å². The number of aryl methyl sites for hydroxylation is 2. The van der Waals surface area contributed by atoms with Crippen LogP contribution < -0.4 is 0 Å². The van der Waals surface area contributed by atoms with Crippen molar-refractivity contribution < 1.29 is 4.79 Å². The molecule has 2 aromatic carbocycles. The van der Waals surface area contributed by atoms with Gasteiger partial charge in [0.15, 0.2) is 5.78 Å². The first kappa shape index (κ1) is 15.8. The van der Waals surface area contributed by atoms with Gasteiger partial charge in [-0.2, -0.15) is 0 Å². The Bertz CT molecular complexity index is 584. The molecule has 0 saturated heterocycles. The quantitative estimate of drug-likeness (QED) is 0.682. The lowest BCUT2D eigenvalue weighted by Gasteiger charge is -2.14. The van der Waals surface area contributed by atoms with Gasteiger partial charge in [0.05, 0.1) is 5.25 Å². The zero-order chi connectivity index (χ0) is 15.2. The summed E-state index contributed by atoms with van der Waals surface area (Å²) in [6, 6.07) is 16.2. The molecule has 1 atom stereocenters. The van der Waals surface area contributed by atoms with Crippen molar-refractivity contribution in [2.45, 2.75) is 38.2 Å². The molecule has 0 aliphatic heterocycles. The van der Waals surface area contributed by atoms with Crippen LogP contribution in [0.2, 0.25) is 0 Å². The van der Waals surface area contributed by atoms with Crippen LogP contribution in [0.25, 0.3) is 0 Å². The van der Waals surface area contributed by atoms with E-state index < -0.39 is 0 Å². The van der Waals surface area contributed by atoms with E-state index in [4.69, 9.17) is 0 Å². The summed E-state index contributed by atoms with van der Waals surface area (Å²) in [5, 5.41) is 0.0354. The highest BCUT2D eigenvalue weighted by Gasteiger charge is 2.18. The molecule has 2 aromatic rings. The molecule has 0 heterocycles. The van der Waals surface area contributed by atoms with Crippen LogP contribution in [-0.4, -0.2) is 11.0 Å². The lowest BCUT2D eigenvalue weighted by Crippen LogP contribution is -2.16. The second-order valence-electron chi connectivity index (χ2n) is 5.43. The number of ketones is 1. The van der Waals surface area contributed by atoms with E-state index >= 15 is 0 Å². The highest BCUT2D eigenvalue weighted by Crippen LogP contribution is 2.24. The van der Waals surface area contributed by atoms with E-state index in [0.29, 0.717) is 0 Å². The fourth-order valence-electron chi connectivity index (χ4n) is 2.52. The molecule has 0 N–H and O–H groups in total. The van der Waals surface area contributed by atoms with Crippen LogP contribution in [0.3, 0.4) is 0 Å². The average Bonchev–Trinajstić information content (AvgIpc) is 2.47. The van der Waals surface area contributed by atoms with Crippen molar-refractivity contribution in [2.75, 3.05) is 0 Å². The molecule has 0 radical (unpaired) electrons. The monoisotopic (exact) mass is 298 g/mol. The number of hydrogen-bond acceptors (Lipinski definition) is 2. The first-order chi connectivity index (χ1) is 10.1. The fraction of sp³-hybridized carbons (Fsp3) is 0.316. The standard InChI is InChI=1S/C19H22OS/c1-4-18(19(20)17-8-6-5-7-9-17)21-13-16-11-14(2)10-15(3)12-16/h5-12,18H,4,13H2,1-3H3. The zero-order valence-electron chi connectivity index (χ0n) is 12.9. The Morgan fingerprint density at radius 3 is 2.24 bits per heavy atom. The van der Waals surface area contributed by atoms with Crippen molar-refractivity contribution in [3.05, 3.63) is 70.8 Å². The van der Waals surface area contributed by atoms with Gasteiger partial charge in [0.1, 0.15) is 0 Å². The van der Waals surface area contributed by atoms with Crippen molar-refractivity contribution in [3.8, 4) is 0 Å². The van der Waals surface area contributed by atoms with Crippen molar-refractivity contribution in [1.29, 1.82) is 0 Å². The van der Waals surface area contributed by atoms with Crippen molar-refractivity contribution >= 4 is 17.5 Å². The van der Waals surface area contributed by atoms with Crippen LogP contribution in [0.4, 0.5) is 0 Å². The molecule has 0 bridgehead atoms. The number of carbonyl (C=O) groups excluding carboxylic acids is 1. The topological polar surface area (TPSA) is 17.1 Å². The number of carbonyl (C=O) groups is 1. The number of rotatable bonds is 6. The van der Waals surface area contributed by atoms with E-state index in [1.54, 1.807) is 11.8 Å². The van der Waals surface area contributed by atoms with E-state index in [1.165, 1.54) is 16.7 Å². The molecule has 1 nitrogen and oxygen atoms in total.